The fraction of sp³-hybridized carbons (Fsp3) is 0.533. The van der Waals surface area contributed by atoms with E-state index in [4.69, 9.17) is 5.26 Å². The maximum absolute atomic E-state index is 13.1. The first kappa shape index (κ1) is 14.0. The van der Waals surface area contributed by atoms with Crippen LogP contribution in [0.5, 0.6) is 0 Å². The van der Waals surface area contributed by atoms with Gasteiger partial charge in [-0.1, -0.05) is 13.0 Å². The van der Waals surface area contributed by atoms with Crippen molar-refractivity contribution in [2.24, 2.45) is 5.92 Å². The number of nitriles is 1. The van der Waals surface area contributed by atoms with Gasteiger partial charge in [-0.15, -0.1) is 0 Å². The summed E-state index contributed by atoms with van der Waals surface area (Å²) in [5, 5.41) is 18.6. The molecule has 1 saturated heterocycles. The number of halogens is 1. The van der Waals surface area contributed by atoms with Crippen LogP contribution in [-0.4, -0.2) is 29.2 Å². The molecule has 0 radical (unpaired) electrons. The van der Waals surface area contributed by atoms with Crippen molar-refractivity contribution in [2.75, 3.05) is 13.2 Å². The molecule has 1 fully saturated rings. The number of hydrogen-bond donors (Lipinski definition) is 1. The van der Waals surface area contributed by atoms with Crippen LogP contribution < -0.4 is 0 Å². The Bertz CT molecular complexity index is 484. The molecule has 2 atom stereocenters. The van der Waals surface area contributed by atoms with Gasteiger partial charge in [-0.25, -0.2) is 4.39 Å². The number of benzene rings is 1. The fourth-order valence-corrected chi connectivity index (χ4v) is 2.84. The summed E-state index contributed by atoms with van der Waals surface area (Å²) in [6, 6.07) is 6.50. The van der Waals surface area contributed by atoms with Crippen LogP contribution in [0.25, 0.3) is 0 Å². The van der Waals surface area contributed by atoms with Crippen molar-refractivity contribution < 1.29 is 9.50 Å². The van der Waals surface area contributed by atoms with Crippen LogP contribution in [0.15, 0.2) is 18.2 Å². The fourth-order valence-electron chi connectivity index (χ4n) is 2.84. The van der Waals surface area contributed by atoms with Gasteiger partial charge in [0.25, 0.3) is 0 Å². The van der Waals surface area contributed by atoms with Crippen LogP contribution in [0.4, 0.5) is 4.39 Å². The van der Waals surface area contributed by atoms with E-state index in [2.05, 4.69) is 11.8 Å². The third-order valence-electron chi connectivity index (χ3n) is 3.98. The third-order valence-corrected chi connectivity index (χ3v) is 3.98. The number of aliphatic hydroxyl groups excluding tert-OH is 1. The molecular formula is C15H19FN2O. The van der Waals surface area contributed by atoms with Gasteiger partial charge in [0.15, 0.2) is 0 Å². The number of rotatable bonds is 3. The smallest absolute Gasteiger partial charge is 0.124 e. The molecule has 3 nitrogen and oxygen atoms in total. The summed E-state index contributed by atoms with van der Waals surface area (Å²) < 4.78 is 13.1. The molecule has 19 heavy (non-hydrogen) atoms. The lowest BCUT2D eigenvalue weighted by Crippen LogP contribution is -2.46. The maximum Gasteiger partial charge on any atom is 0.124 e. The number of nitrogens with zero attached hydrogens (tertiary/aromatic N) is 2. The summed E-state index contributed by atoms with van der Waals surface area (Å²) in [5.41, 5.74) is 1.21. The Labute approximate surface area is 113 Å². The van der Waals surface area contributed by atoms with E-state index >= 15 is 0 Å². The van der Waals surface area contributed by atoms with E-state index in [1.54, 1.807) is 6.07 Å². The topological polar surface area (TPSA) is 47.3 Å². The molecule has 1 aliphatic rings. The Hall–Kier alpha value is -1.44. The molecule has 1 aromatic carbocycles. The maximum atomic E-state index is 13.1. The Kier molecular flexibility index (Phi) is 4.52. The summed E-state index contributed by atoms with van der Waals surface area (Å²) >= 11 is 0. The largest absolute Gasteiger partial charge is 0.395 e. The van der Waals surface area contributed by atoms with Gasteiger partial charge in [-0.3, -0.25) is 4.90 Å². The second kappa shape index (κ2) is 6.14. The molecule has 2 rings (SSSR count). The lowest BCUT2D eigenvalue weighted by molar-refractivity contribution is 0.0472. The first-order chi connectivity index (χ1) is 9.15. The number of likely N-dealkylation sites (tertiary alicyclic amines) is 1. The van der Waals surface area contributed by atoms with E-state index in [1.165, 1.54) is 12.1 Å². The highest BCUT2D eigenvalue weighted by atomic mass is 19.1. The lowest BCUT2D eigenvalue weighted by Gasteiger charge is -2.39. The molecule has 102 valence electrons. The third kappa shape index (κ3) is 3.12. The van der Waals surface area contributed by atoms with Gasteiger partial charge in [0.05, 0.1) is 18.2 Å². The summed E-state index contributed by atoms with van der Waals surface area (Å²) in [7, 11) is 0. The van der Waals surface area contributed by atoms with E-state index in [9.17, 15) is 9.50 Å². The normalized spacial score (nSPS) is 24.1. The molecule has 0 spiro atoms. The van der Waals surface area contributed by atoms with Gasteiger partial charge in [0, 0.05) is 12.6 Å². The van der Waals surface area contributed by atoms with Gasteiger partial charge in [0.1, 0.15) is 5.82 Å². The Balaban J connectivity index is 2.18. The van der Waals surface area contributed by atoms with Crippen molar-refractivity contribution in [3.8, 4) is 6.07 Å². The molecule has 1 aromatic rings. The quantitative estimate of drug-likeness (QED) is 0.909. The van der Waals surface area contributed by atoms with E-state index in [0.717, 1.165) is 24.9 Å². The number of aliphatic hydroxyl groups is 1. The predicted molar refractivity (Wildman–Crippen MR) is 70.8 cm³/mol. The Morgan fingerprint density at radius 1 is 1.53 bits per heavy atom. The van der Waals surface area contributed by atoms with Crippen LogP contribution in [0.2, 0.25) is 0 Å². The Morgan fingerprint density at radius 3 is 3.00 bits per heavy atom. The average molecular weight is 262 g/mol. The van der Waals surface area contributed by atoms with Gasteiger partial charge in [-0.05, 0) is 43.0 Å². The average Bonchev–Trinajstić information content (AvgIpc) is 2.41. The molecule has 1 N–H and O–H groups in total. The molecule has 0 aromatic heterocycles. The molecule has 0 bridgehead atoms. The van der Waals surface area contributed by atoms with Crippen LogP contribution in [0, 0.1) is 23.1 Å². The zero-order valence-electron chi connectivity index (χ0n) is 11.1. The monoisotopic (exact) mass is 262 g/mol. The van der Waals surface area contributed by atoms with Gasteiger partial charge >= 0.3 is 0 Å². The molecule has 0 amide bonds. The first-order valence-electron chi connectivity index (χ1n) is 6.69. The molecule has 0 saturated carbocycles. The van der Waals surface area contributed by atoms with E-state index in [0.29, 0.717) is 18.0 Å². The molecule has 1 heterocycles. The highest BCUT2D eigenvalue weighted by Gasteiger charge is 2.28. The minimum absolute atomic E-state index is 0.129. The van der Waals surface area contributed by atoms with Crippen molar-refractivity contribution in [1.82, 2.24) is 4.90 Å². The number of piperidine rings is 1. The van der Waals surface area contributed by atoms with Crippen LogP contribution >= 0.6 is 0 Å². The van der Waals surface area contributed by atoms with E-state index in [1.807, 2.05) is 6.07 Å². The van der Waals surface area contributed by atoms with Crippen LogP contribution in [0.1, 0.15) is 30.9 Å². The minimum atomic E-state index is -0.383. The summed E-state index contributed by atoms with van der Waals surface area (Å²) in [4.78, 5) is 2.20. The molecule has 4 heteroatoms. The van der Waals surface area contributed by atoms with Crippen molar-refractivity contribution in [3.05, 3.63) is 35.1 Å². The van der Waals surface area contributed by atoms with Crippen molar-refractivity contribution in [2.45, 2.75) is 32.4 Å². The standard InChI is InChI=1S/C15H19FN2O/c1-11-3-2-6-18(15(11)10-19)9-12-4-5-14(16)7-13(12)8-17/h4-5,7,11,15,19H,2-3,6,9-10H2,1H3. The zero-order valence-corrected chi connectivity index (χ0v) is 11.1. The van der Waals surface area contributed by atoms with E-state index < -0.39 is 0 Å². The van der Waals surface area contributed by atoms with Crippen molar-refractivity contribution in [1.29, 1.82) is 5.26 Å². The minimum Gasteiger partial charge on any atom is -0.395 e. The predicted octanol–water partition coefficient (Wildman–Crippen LogP) is 2.29. The van der Waals surface area contributed by atoms with Crippen LogP contribution in [-0.2, 0) is 6.54 Å². The van der Waals surface area contributed by atoms with Crippen LogP contribution in [0.3, 0.4) is 0 Å². The van der Waals surface area contributed by atoms with Crippen molar-refractivity contribution in [3.63, 3.8) is 0 Å². The molecule has 0 aliphatic carbocycles. The van der Waals surface area contributed by atoms with Gasteiger partial charge < -0.3 is 5.11 Å². The second-order valence-corrected chi connectivity index (χ2v) is 5.25. The Morgan fingerprint density at radius 2 is 2.32 bits per heavy atom. The highest BCUT2D eigenvalue weighted by Crippen LogP contribution is 2.25. The van der Waals surface area contributed by atoms with E-state index in [-0.39, 0.29) is 18.5 Å². The summed E-state index contributed by atoms with van der Waals surface area (Å²) in [6.45, 7) is 3.78. The first-order valence-corrected chi connectivity index (χ1v) is 6.69. The highest BCUT2D eigenvalue weighted by molar-refractivity contribution is 5.37. The second-order valence-electron chi connectivity index (χ2n) is 5.25. The van der Waals surface area contributed by atoms with Crippen molar-refractivity contribution >= 4 is 0 Å². The van der Waals surface area contributed by atoms with Gasteiger partial charge in [-0.2, -0.15) is 5.26 Å². The van der Waals surface area contributed by atoms with Gasteiger partial charge in [0.2, 0.25) is 0 Å². The SMILES string of the molecule is CC1CCCN(Cc2ccc(F)cc2C#N)C1CO. The summed E-state index contributed by atoms with van der Waals surface area (Å²) in [6.07, 6.45) is 2.22. The lowest BCUT2D eigenvalue weighted by atomic mass is 9.90. The summed E-state index contributed by atoms with van der Waals surface area (Å²) in [5.74, 6) is 0.0655. The zero-order chi connectivity index (χ0) is 13.8. The molecule has 2 unspecified atom stereocenters. The molecule has 1 aliphatic heterocycles. The molecular weight excluding hydrogens is 243 g/mol. The number of hydrogen-bond acceptors (Lipinski definition) is 3.